The van der Waals surface area contributed by atoms with E-state index in [9.17, 15) is 14.0 Å². The second kappa shape index (κ2) is 12.5. The smallest absolute Gasteiger partial charge is 0.225 e. The Hall–Kier alpha value is -2.68. The number of ether oxygens (including phenoxy) is 2. The van der Waals surface area contributed by atoms with Gasteiger partial charge >= 0.3 is 0 Å². The maximum Gasteiger partial charge on any atom is 0.225 e. The van der Waals surface area contributed by atoms with Crippen LogP contribution in [-0.4, -0.2) is 72.6 Å². The van der Waals surface area contributed by atoms with E-state index in [-0.39, 0.29) is 36.7 Å². The standard InChI is InChI=1S/C29H37ClFN3O4/c1-20-13-26(14-21(2)28(20)30)37-19-29(16-27(36)34-9-7-25(8-10-34)32-22(3)35)18-33(11-12-38-29)17-23-5-4-6-24(31)15-23/h4-6,13-15,25H,7-12,16-19H2,1-3H3,(H,32,35). The van der Waals surface area contributed by atoms with E-state index < -0.39 is 5.60 Å². The van der Waals surface area contributed by atoms with Crippen molar-refractivity contribution in [3.8, 4) is 5.75 Å². The van der Waals surface area contributed by atoms with Crippen LogP contribution in [0.1, 0.15) is 42.9 Å². The highest BCUT2D eigenvalue weighted by Gasteiger charge is 2.41. The molecule has 0 radical (unpaired) electrons. The number of benzene rings is 2. The molecule has 1 atom stereocenters. The van der Waals surface area contributed by atoms with E-state index in [0.717, 1.165) is 29.5 Å². The van der Waals surface area contributed by atoms with Crippen LogP contribution in [0.15, 0.2) is 36.4 Å². The van der Waals surface area contributed by atoms with Gasteiger partial charge in [-0.1, -0.05) is 23.7 Å². The molecule has 0 aliphatic carbocycles. The molecule has 206 valence electrons. The van der Waals surface area contributed by atoms with Crippen LogP contribution in [0.5, 0.6) is 5.75 Å². The summed E-state index contributed by atoms with van der Waals surface area (Å²) in [6.07, 6.45) is 1.62. The Kier molecular flexibility index (Phi) is 9.28. The number of nitrogens with one attached hydrogen (secondary N) is 1. The van der Waals surface area contributed by atoms with Crippen molar-refractivity contribution >= 4 is 23.4 Å². The maximum atomic E-state index is 13.8. The summed E-state index contributed by atoms with van der Waals surface area (Å²) < 4.78 is 26.4. The zero-order valence-electron chi connectivity index (χ0n) is 22.4. The number of carbonyl (C=O) groups is 2. The van der Waals surface area contributed by atoms with Gasteiger partial charge in [0.05, 0.1) is 13.0 Å². The summed E-state index contributed by atoms with van der Waals surface area (Å²) in [7, 11) is 0. The highest BCUT2D eigenvalue weighted by atomic mass is 35.5. The number of hydrogen-bond donors (Lipinski definition) is 1. The lowest BCUT2D eigenvalue weighted by atomic mass is 9.95. The van der Waals surface area contributed by atoms with Gasteiger partial charge < -0.3 is 19.7 Å². The van der Waals surface area contributed by atoms with Gasteiger partial charge in [-0.25, -0.2) is 4.39 Å². The molecule has 0 spiro atoms. The fourth-order valence-corrected chi connectivity index (χ4v) is 5.46. The van der Waals surface area contributed by atoms with Crippen LogP contribution in [0.3, 0.4) is 0 Å². The van der Waals surface area contributed by atoms with Gasteiger partial charge in [0.25, 0.3) is 0 Å². The van der Waals surface area contributed by atoms with E-state index >= 15 is 0 Å². The Morgan fingerprint density at radius 1 is 1.16 bits per heavy atom. The van der Waals surface area contributed by atoms with Gasteiger partial charge in [0.1, 0.15) is 23.8 Å². The summed E-state index contributed by atoms with van der Waals surface area (Å²) >= 11 is 6.34. The molecule has 2 aromatic carbocycles. The van der Waals surface area contributed by atoms with Crippen molar-refractivity contribution in [2.24, 2.45) is 0 Å². The number of hydrogen-bond acceptors (Lipinski definition) is 5. The molecule has 0 saturated carbocycles. The number of rotatable bonds is 8. The fourth-order valence-electron chi connectivity index (χ4n) is 5.35. The molecular formula is C29H37ClFN3O4. The number of halogens is 2. The van der Waals surface area contributed by atoms with Crippen molar-refractivity contribution in [2.45, 2.75) is 58.2 Å². The van der Waals surface area contributed by atoms with E-state index in [1.54, 1.807) is 6.07 Å². The normalized spacial score (nSPS) is 20.8. The molecule has 0 aromatic heterocycles. The van der Waals surface area contributed by atoms with E-state index in [4.69, 9.17) is 21.1 Å². The summed E-state index contributed by atoms with van der Waals surface area (Å²) in [6, 6.07) is 10.5. The molecule has 0 bridgehead atoms. The van der Waals surface area contributed by atoms with Crippen LogP contribution >= 0.6 is 11.6 Å². The Morgan fingerprint density at radius 2 is 1.87 bits per heavy atom. The summed E-state index contributed by atoms with van der Waals surface area (Å²) in [5.74, 6) is 0.369. The van der Waals surface area contributed by atoms with Gasteiger partial charge in [0.15, 0.2) is 0 Å². The third-order valence-electron chi connectivity index (χ3n) is 7.26. The fraction of sp³-hybridized carbons (Fsp3) is 0.517. The molecular weight excluding hydrogens is 509 g/mol. The van der Waals surface area contributed by atoms with E-state index in [1.165, 1.54) is 19.1 Å². The van der Waals surface area contributed by atoms with Gasteiger partial charge in [-0.3, -0.25) is 14.5 Å². The lowest BCUT2D eigenvalue weighted by Gasteiger charge is -2.43. The first-order valence-corrected chi connectivity index (χ1v) is 13.6. The molecule has 1 N–H and O–H groups in total. The van der Waals surface area contributed by atoms with Crippen LogP contribution < -0.4 is 10.1 Å². The Morgan fingerprint density at radius 3 is 2.53 bits per heavy atom. The predicted octanol–water partition coefficient (Wildman–Crippen LogP) is 4.26. The van der Waals surface area contributed by atoms with Crippen molar-refractivity contribution < 1.29 is 23.5 Å². The minimum atomic E-state index is -0.863. The second-order valence-electron chi connectivity index (χ2n) is 10.6. The summed E-state index contributed by atoms with van der Waals surface area (Å²) in [6.45, 7) is 8.90. The lowest BCUT2D eigenvalue weighted by Crippen LogP contribution is -2.57. The minimum Gasteiger partial charge on any atom is -0.490 e. The quantitative estimate of drug-likeness (QED) is 0.536. The molecule has 2 aliphatic heterocycles. The molecule has 38 heavy (non-hydrogen) atoms. The molecule has 2 fully saturated rings. The van der Waals surface area contributed by atoms with Gasteiger partial charge in [-0.05, 0) is 67.6 Å². The molecule has 1 unspecified atom stereocenters. The first kappa shape index (κ1) is 28.3. The van der Waals surface area contributed by atoms with Crippen molar-refractivity contribution in [3.05, 3.63) is 63.9 Å². The monoisotopic (exact) mass is 545 g/mol. The minimum absolute atomic E-state index is 0.00551. The molecule has 9 heteroatoms. The van der Waals surface area contributed by atoms with Gasteiger partial charge in [0, 0.05) is 50.7 Å². The molecule has 2 saturated heterocycles. The van der Waals surface area contributed by atoms with Crippen molar-refractivity contribution in [2.75, 3.05) is 39.4 Å². The zero-order valence-corrected chi connectivity index (χ0v) is 23.2. The maximum absolute atomic E-state index is 13.8. The third-order valence-corrected chi connectivity index (χ3v) is 7.86. The number of piperidine rings is 1. The van der Waals surface area contributed by atoms with Crippen LogP contribution in [-0.2, 0) is 20.9 Å². The first-order valence-electron chi connectivity index (χ1n) is 13.2. The van der Waals surface area contributed by atoms with Crippen LogP contribution in [0.25, 0.3) is 0 Å². The number of nitrogens with zero attached hydrogens (tertiary/aromatic N) is 2. The van der Waals surface area contributed by atoms with Crippen LogP contribution in [0.2, 0.25) is 5.02 Å². The largest absolute Gasteiger partial charge is 0.490 e. The molecule has 4 rings (SSSR count). The Balaban J connectivity index is 1.48. The van der Waals surface area contributed by atoms with Gasteiger partial charge in [-0.15, -0.1) is 0 Å². The van der Waals surface area contributed by atoms with E-state index in [2.05, 4.69) is 10.2 Å². The lowest BCUT2D eigenvalue weighted by molar-refractivity contribution is -0.157. The Bertz CT molecular complexity index is 1130. The molecule has 7 nitrogen and oxygen atoms in total. The van der Waals surface area contributed by atoms with Gasteiger partial charge in [0.2, 0.25) is 11.8 Å². The van der Waals surface area contributed by atoms with Crippen molar-refractivity contribution in [3.63, 3.8) is 0 Å². The SMILES string of the molecule is CC(=O)NC1CCN(C(=O)CC2(COc3cc(C)c(Cl)c(C)c3)CN(Cc3cccc(F)c3)CCO2)CC1. The molecule has 2 aromatic rings. The summed E-state index contributed by atoms with van der Waals surface area (Å²) in [5, 5.41) is 3.66. The second-order valence-corrected chi connectivity index (χ2v) is 10.9. The number of carbonyl (C=O) groups excluding carboxylic acids is 2. The highest BCUT2D eigenvalue weighted by molar-refractivity contribution is 6.32. The molecule has 2 aliphatic rings. The Labute approximate surface area is 229 Å². The first-order chi connectivity index (χ1) is 18.1. The number of morpholine rings is 1. The average Bonchev–Trinajstić information content (AvgIpc) is 2.86. The molecule has 2 amide bonds. The highest BCUT2D eigenvalue weighted by Crippen LogP contribution is 2.30. The van der Waals surface area contributed by atoms with Crippen LogP contribution in [0.4, 0.5) is 4.39 Å². The predicted molar refractivity (Wildman–Crippen MR) is 145 cm³/mol. The zero-order chi connectivity index (χ0) is 27.3. The number of likely N-dealkylation sites (tertiary alicyclic amines) is 1. The van der Waals surface area contributed by atoms with Crippen molar-refractivity contribution in [1.82, 2.24) is 15.1 Å². The number of aryl methyl sites for hydroxylation is 2. The number of amides is 2. The van der Waals surface area contributed by atoms with E-state index in [0.29, 0.717) is 50.1 Å². The summed E-state index contributed by atoms with van der Waals surface area (Å²) in [5.41, 5.74) is 1.85. The van der Waals surface area contributed by atoms with Crippen LogP contribution in [0, 0.1) is 19.7 Å². The van der Waals surface area contributed by atoms with Gasteiger partial charge in [-0.2, -0.15) is 0 Å². The third kappa shape index (κ3) is 7.46. The average molecular weight is 546 g/mol. The van der Waals surface area contributed by atoms with Crippen molar-refractivity contribution in [1.29, 1.82) is 0 Å². The molecule has 2 heterocycles. The summed E-state index contributed by atoms with van der Waals surface area (Å²) in [4.78, 5) is 28.9. The van der Waals surface area contributed by atoms with E-state index in [1.807, 2.05) is 36.9 Å². The topological polar surface area (TPSA) is 71.1 Å².